The van der Waals surface area contributed by atoms with Gasteiger partial charge in [0.25, 0.3) is 0 Å². The fourth-order valence-electron chi connectivity index (χ4n) is 2.51. The molecule has 1 aliphatic heterocycles. The van der Waals surface area contributed by atoms with Crippen LogP contribution in [0.5, 0.6) is 11.5 Å². The van der Waals surface area contributed by atoms with Gasteiger partial charge in [-0.15, -0.1) is 13.2 Å². The molecule has 1 aromatic rings. The SMILES string of the molecule is N#CC[C@@H](c1cc(OC(F)(F)F)ccc1O)N1CCNCC1. The monoisotopic (exact) mass is 315 g/mol. The Kier molecular flexibility index (Phi) is 5.11. The quantitative estimate of drug-likeness (QED) is 0.891. The summed E-state index contributed by atoms with van der Waals surface area (Å²) in [5.41, 5.74) is 0.269. The minimum Gasteiger partial charge on any atom is -0.508 e. The first kappa shape index (κ1) is 16.4. The molecule has 0 saturated carbocycles. The van der Waals surface area contributed by atoms with E-state index in [1.165, 1.54) is 0 Å². The number of rotatable bonds is 4. The van der Waals surface area contributed by atoms with Crippen LogP contribution in [0.4, 0.5) is 13.2 Å². The predicted octanol–water partition coefficient (Wildman–Crippen LogP) is 2.15. The summed E-state index contributed by atoms with van der Waals surface area (Å²) in [5, 5.41) is 22.1. The Hall–Kier alpha value is -1.98. The molecular formula is C14H16F3N3O2. The lowest BCUT2D eigenvalue weighted by Crippen LogP contribution is -2.45. The molecule has 1 aliphatic rings. The number of aromatic hydroxyl groups is 1. The van der Waals surface area contributed by atoms with Crippen LogP contribution in [0.3, 0.4) is 0 Å². The van der Waals surface area contributed by atoms with E-state index in [4.69, 9.17) is 5.26 Å². The van der Waals surface area contributed by atoms with Gasteiger partial charge in [-0.25, -0.2) is 0 Å². The van der Waals surface area contributed by atoms with E-state index in [1.807, 2.05) is 11.0 Å². The van der Waals surface area contributed by atoms with Crippen LogP contribution in [0.15, 0.2) is 18.2 Å². The maximum absolute atomic E-state index is 12.3. The number of nitriles is 1. The van der Waals surface area contributed by atoms with Gasteiger partial charge in [0.1, 0.15) is 11.5 Å². The molecule has 22 heavy (non-hydrogen) atoms. The highest BCUT2D eigenvalue weighted by atomic mass is 19.4. The summed E-state index contributed by atoms with van der Waals surface area (Å²) in [5.74, 6) is -0.549. The molecule has 0 aliphatic carbocycles. The van der Waals surface area contributed by atoms with E-state index in [2.05, 4.69) is 10.1 Å². The average molecular weight is 315 g/mol. The summed E-state index contributed by atoms with van der Waals surface area (Å²) < 4.78 is 40.9. The number of nitrogens with one attached hydrogen (secondary N) is 1. The summed E-state index contributed by atoms with van der Waals surface area (Å²) in [7, 11) is 0. The Morgan fingerprint density at radius 2 is 2.05 bits per heavy atom. The van der Waals surface area contributed by atoms with Crippen molar-refractivity contribution in [2.75, 3.05) is 26.2 Å². The van der Waals surface area contributed by atoms with Crippen molar-refractivity contribution in [2.45, 2.75) is 18.8 Å². The Morgan fingerprint density at radius 1 is 1.36 bits per heavy atom. The number of benzene rings is 1. The molecule has 0 spiro atoms. The van der Waals surface area contributed by atoms with Crippen molar-refractivity contribution in [1.82, 2.24) is 10.2 Å². The minimum atomic E-state index is -4.80. The fraction of sp³-hybridized carbons (Fsp3) is 0.500. The van der Waals surface area contributed by atoms with Crippen molar-refractivity contribution in [3.05, 3.63) is 23.8 Å². The van der Waals surface area contributed by atoms with Crippen molar-refractivity contribution < 1.29 is 23.0 Å². The van der Waals surface area contributed by atoms with Crippen LogP contribution in [0.1, 0.15) is 18.0 Å². The van der Waals surface area contributed by atoms with Crippen LogP contribution in [-0.4, -0.2) is 42.5 Å². The fourth-order valence-corrected chi connectivity index (χ4v) is 2.51. The van der Waals surface area contributed by atoms with Gasteiger partial charge in [-0.3, -0.25) is 4.90 Å². The normalized spacial score (nSPS) is 17.7. The number of halogens is 3. The van der Waals surface area contributed by atoms with E-state index in [-0.39, 0.29) is 17.7 Å². The van der Waals surface area contributed by atoms with Crippen molar-refractivity contribution in [2.24, 2.45) is 0 Å². The summed E-state index contributed by atoms with van der Waals surface area (Å²) in [6.45, 7) is 2.75. The summed E-state index contributed by atoms with van der Waals surface area (Å²) >= 11 is 0. The Bertz CT molecular complexity index is 551. The first-order valence-electron chi connectivity index (χ1n) is 6.81. The standard InChI is InChI=1S/C14H16F3N3O2/c15-14(16,17)22-10-1-2-13(21)11(9-10)12(3-4-18)20-7-5-19-6-8-20/h1-2,9,12,19,21H,3,5-8H2/t12-/m0/s1. The van der Waals surface area contributed by atoms with Gasteiger partial charge >= 0.3 is 6.36 Å². The zero-order valence-corrected chi connectivity index (χ0v) is 11.7. The number of hydrogen-bond acceptors (Lipinski definition) is 5. The van der Waals surface area contributed by atoms with Crippen LogP contribution in [0.2, 0.25) is 0 Å². The van der Waals surface area contributed by atoms with E-state index < -0.39 is 18.2 Å². The maximum Gasteiger partial charge on any atom is 0.573 e. The van der Waals surface area contributed by atoms with Crippen LogP contribution < -0.4 is 10.1 Å². The topological polar surface area (TPSA) is 68.5 Å². The highest BCUT2D eigenvalue weighted by Crippen LogP contribution is 2.35. The van der Waals surface area contributed by atoms with Crippen molar-refractivity contribution in [3.8, 4) is 17.6 Å². The van der Waals surface area contributed by atoms with Gasteiger partial charge in [0.05, 0.1) is 18.5 Å². The van der Waals surface area contributed by atoms with Gasteiger partial charge in [-0.1, -0.05) is 0 Å². The number of ether oxygens (including phenoxy) is 1. The van der Waals surface area contributed by atoms with Crippen molar-refractivity contribution >= 4 is 0 Å². The third kappa shape index (κ3) is 4.26. The van der Waals surface area contributed by atoms with Crippen LogP contribution in [-0.2, 0) is 0 Å². The molecule has 1 saturated heterocycles. The molecule has 2 N–H and O–H groups in total. The molecule has 1 aromatic carbocycles. The second-order valence-corrected chi connectivity index (χ2v) is 4.93. The molecule has 0 radical (unpaired) electrons. The third-order valence-electron chi connectivity index (χ3n) is 3.47. The molecule has 0 aromatic heterocycles. The number of phenols is 1. The van der Waals surface area contributed by atoms with E-state index in [0.717, 1.165) is 31.3 Å². The van der Waals surface area contributed by atoms with Gasteiger partial charge in [0, 0.05) is 31.7 Å². The van der Waals surface area contributed by atoms with Crippen molar-refractivity contribution in [3.63, 3.8) is 0 Å². The maximum atomic E-state index is 12.3. The number of alkyl halides is 3. The van der Waals surface area contributed by atoms with Crippen molar-refractivity contribution in [1.29, 1.82) is 5.26 Å². The number of nitrogens with zero attached hydrogens (tertiary/aromatic N) is 2. The lowest BCUT2D eigenvalue weighted by atomic mass is 10.0. The third-order valence-corrected chi connectivity index (χ3v) is 3.47. The summed E-state index contributed by atoms with van der Waals surface area (Å²) in [6.07, 6.45) is -4.73. The Morgan fingerprint density at radius 3 is 2.64 bits per heavy atom. The molecule has 120 valence electrons. The van der Waals surface area contributed by atoms with Gasteiger partial charge in [0.2, 0.25) is 0 Å². The molecular weight excluding hydrogens is 299 g/mol. The van der Waals surface area contributed by atoms with Crippen LogP contribution in [0, 0.1) is 11.3 Å². The predicted molar refractivity (Wildman–Crippen MR) is 72.2 cm³/mol. The molecule has 2 rings (SSSR count). The molecule has 1 atom stereocenters. The second-order valence-electron chi connectivity index (χ2n) is 4.93. The Labute approximate surface area is 125 Å². The second kappa shape index (κ2) is 6.85. The van der Waals surface area contributed by atoms with Gasteiger partial charge in [-0.2, -0.15) is 5.26 Å². The van der Waals surface area contributed by atoms with Gasteiger partial charge in [-0.05, 0) is 18.2 Å². The molecule has 5 nitrogen and oxygen atoms in total. The highest BCUT2D eigenvalue weighted by Gasteiger charge is 2.32. The molecule has 0 unspecified atom stereocenters. The first-order valence-corrected chi connectivity index (χ1v) is 6.81. The smallest absolute Gasteiger partial charge is 0.508 e. The molecule has 1 heterocycles. The lowest BCUT2D eigenvalue weighted by Gasteiger charge is -2.34. The lowest BCUT2D eigenvalue weighted by molar-refractivity contribution is -0.274. The zero-order valence-electron chi connectivity index (χ0n) is 11.7. The minimum absolute atomic E-state index is 0.0725. The average Bonchev–Trinajstić information content (AvgIpc) is 2.46. The number of piperazine rings is 1. The van der Waals surface area contributed by atoms with Crippen LogP contribution in [0.25, 0.3) is 0 Å². The zero-order chi connectivity index (χ0) is 16.2. The molecule has 0 bridgehead atoms. The van der Waals surface area contributed by atoms with E-state index in [1.54, 1.807) is 0 Å². The molecule has 8 heteroatoms. The highest BCUT2D eigenvalue weighted by molar-refractivity contribution is 5.42. The summed E-state index contributed by atoms with van der Waals surface area (Å²) in [4.78, 5) is 1.96. The summed E-state index contributed by atoms with van der Waals surface area (Å²) in [6, 6.07) is 4.90. The van der Waals surface area contributed by atoms with E-state index >= 15 is 0 Å². The Balaban J connectivity index is 2.29. The van der Waals surface area contributed by atoms with Gasteiger partial charge in [0.15, 0.2) is 0 Å². The molecule has 1 fully saturated rings. The number of phenolic OH excluding ortho intramolecular Hbond substituents is 1. The molecule has 0 amide bonds. The van der Waals surface area contributed by atoms with E-state index in [9.17, 15) is 18.3 Å². The van der Waals surface area contributed by atoms with Gasteiger partial charge < -0.3 is 15.2 Å². The largest absolute Gasteiger partial charge is 0.573 e. The van der Waals surface area contributed by atoms with E-state index in [0.29, 0.717) is 13.1 Å². The van der Waals surface area contributed by atoms with Crippen LogP contribution >= 0.6 is 0 Å². The number of hydrogen-bond donors (Lipinski definition) is 2. The first-order chi connectivity index (χ1) is 10.4.